The molecule has 2 aliphatic rings. The third kappa shape index (κ3) is 6.08. The number of hydrogen-bond acceptors (Lipinski definition) is 7. The van der Waals surface area contributed by atoms with Gasteiger partial charge >= 0.3 is 0 Å². The van der Waals surface area contributed by atoms with E-state index < -0.39 is 10.0 Å². The van der Waals surface area contributed by atoms with Gasteiger partial charge in [0, 0.05) is 48.4 Å². The molecule has 9 nitrogen and oxygen atoms in total. The number of nitrogens with one attached hydrogen (secondary N) is 2. The number of fused-ring (bicyclic) bond motifs is 2. The van der Waals surface area contributed by atoms with Crippen molar-refractivity contribution in [3.8, 4) is 0 Å². The Balaban J connectivity index is 1.52. The molecule has 2 heterocycles. The van der Waals surface area contributed by atoms with Crippen LogP contribution in [0.5, 0.6) is 0 Å². The minimum Gasteiger partial charge on any atom is -0.329 e. The van der Waals surface area contributed by atoms with Crippen LogP contribution in [-0.4, -0.2) is 66.2 Å². The largest absolute Gasteiger partial charge is 0.329 e. The van der Waals surface area contributed by atoms with E-state index in [9.17, 15) is 13.2 Å². The van der Waals surface area contributed by atoms with Crippen molar-refractivity contribution in [1.82, 2.24) is 24.5 Å². The molecule has 0 saturated heterocycles. The van der Waals surface area contributed by atoms with Crippen LogP contribution in [0.1, 0.15) is 45.4 Å². The molecule has 1 amide bonds. The van der Waals surface area contributed by atoms with Crippen LogP contribution in [0.4, 0.5) is 11.6 Å². The van der Waals surface area contributed by atoms with Crippen LogP contribution in [-0.2, 0) is 21.2 Å². The number of aromatic nitrogens is 2. The lowest BCUT2D eigenvalue weighted by atomic mass is 9.93. The Morgan fingerprint density at radius 1 is 1.08 bits per heavy atom. The molecule has 198 valence electrons. The second kappa shape index (κ2) is 11.5. The van der Waals surface area contributed by atoms with Crippen LogP contribution in [0.3, 0.4) is 0 Å². The smallest absolute Gasteiger partial charge is 0.243 e. The number of rotatable bonds is 10. The zero-order valence-electron chi connectivity index (χ0n) is 22.0. The molecule has 0 bridgehead atoms. The van der Waals surface area contributed by atoms with E-state index in [1.807, 2.05) is 13.0 Å². The first-order valence-corrected chi connectivity index (χ1v) is 14.4. The second-order valence-electron chi connectivity index (χ2n) is 9.40. The quantitative estimate of drug-likeness (QED) is 0.489. The number of nitrogens with zero attached hydrogens (tertiary/aromatic N) is 4. The Hall–Kier alpha value is -3.08. The predicted octanol–water partition coefficient (Wildman–Crippen LogP) is 3.55. The number of benzene rings is 1. The average Bonchev–Trinajstić information content (AvgIpc) is 3.01. The second-order valence-corrected chi connectivity index (χ2v) is 11.3. The molecule has 37 heavy (non-hydrogen) atoms. The zero-order chi connectivity index (χ0) is 26.6. The maximum Gasteiger partial charge on any atom is 0.243 e. The number of allylic oxidation sites excluding steroid dienone is 4. The third-order valence-electron chi connectivity index (χ3n) is 6.86. The normalized spacial score (nSPS) is 17.5. The molecule has 0 fully saturated rings. The fourth-order valence-corrected chi connectivity index (χ4v) is 6.09. The summed E-state index contributed by atoms with van der Waals surface area (Å²) in [6, 6.07) is 6.65. The molecule has 1 aliphatic heterocycles. The van der Waals surface area contributed by atoms with Crippen LogP contribution in [0.25, 0.3) is 5.57 Å². The molecule has 10 heteroatoms. The van der Waals surface area contributed by atoms with Gasteiger partial charge in [0.15, 0.2) is 0 Å². The molecule has 0 radical (unpaired) electrons. The number of sulfonamides is 1. The fraction of sp³-hybridized carbons (Fsp3) is 0.444. The van der Waals surface area contributed by atoms with Crippen molar-refractivity contribution >= 4 is 33.1 Å². The minimum atomic E-state index is -3.60. The van der Waals surface area contributed by atoms with Crippen molar-refractivity contribution < 1.29 is 13.2 Å². The standard InChI is InChI=1S/C27H36N6O3S/c1-5-32(6-2)14-15-33(7-3)37(35,36)22-11-9-21(10-12-22)29-27-28-18-20-17-25(34)30-24-16-19(4)8-13-23(24)26(20)31-27/h8-13,18-19H,5-7,14-17H2,1-4H3,(H,30,34)(H,28,29,31). The van der Waals surface area contributed by atoms with Crippen molar-refractivity contribution in [3.63, 3.8) is 0 Å². The van der Waals surface area contributed by atoms with Crippen LogP contribution < -0.4 is 10.6 Å². The molecule has 2 aromatic rings. The molecule has 1 aliphatic carbocycles. The molecular weight excluding hydrogens is 488 g/mol. The fourth-order valence-electron chi connectivity index (χ4n) is 4.65. The van der Waals surface area contributed by atoms with E-state index in [0.717, 1.165) is 42.0 Å². The number of likely N-dealkylation sites (N-methyl/N-ethyl adjacent to an activating group) is 2. The molecule has 1 unspecified atom stereocenters. The van der Waals surface area contributed by atoms with E-state index in [2.05, 4.69) is 47.4 Å². The van der Waals surface area contributed by atoms with Gasteiger partial charge in [-0.25, -0.2) is 18.4 Å². The van der Waals surface area contributed by atoms with E-state index in [1.54, 1.807) is 30.5 Å². The van der Waals surface area contributed by atoms with Crippen LogP contribution >= 0.6 is 0 Å². The minimum absolute atomic E-state index is 0.0620. The van der Waals surface area contributed by atoms with Gasteiger partial charge in [0.05, 0.1) is 17.0 Å². The summed E-state index contributed by atoms with van der Waals surface area (Å²) in [4.78, 5) is 24.0. The molecule has 1 atom stereocenters. The van der Waals surface area contributed by atoms with Gasteiger partial charge in [-0.15, -0.1) is 0 Å². The summed E-state index contributed by atoms with van der Waals surface area (Å²) in [5.74, 6) is 0.667. The number of carbonyl (C=O) groups is 1. The van der Waals surface area contributed by atoms with Gasteiger partial charge in [-0.2, -0.15) is 4.31 Å². The van der Waals surface area contributed by atoms with Crippen LogP contribution in [0.2, 0.25) is 0 Å². The first-order valence-electron chi connectivity index (χ1n) is 12.9. The highest BCUT2D eigenvalue weighted by molar-refractivity contribution is 7.89. The number of anilines is 2. The van der Waals surface area contributed by atoms with Gasteiger partial charge in [0.1, 0.15) is 0 Å². The Morgan fingerprint density at radius 2 is 1.81 bits per heavy atom. The van der Waals surface area contributed by atoms with Gasteiger partial charge < -0.3 is 15.5 Å². The molecular formula is C27H36N6O3S. The highest BCUT2D eigenvalue weighted by Crippen LogP contribution is 2.32. The lowest BCUT2D eigenvalue weighted by molar-refractivity contribution is -0.119. The van der Waals surface area contributed by atoms with Crippen molar-refractivity contribution in [2.24, 2.45) is 5.92 Å². The van der Waals surface area contributed by atoms with Crippen molar-refractivity contribution in [3.05, 3.63) is 59.6 Å². The van der Waals surface area contributed by atoms with E-state index >= 15 is 0 Å². The van der Waals surface area contributed by atoms with Gasteiger partial charge in [0.2, 0.25) is 21.9 Å². The molecule has 0 spiro atoms. The summed E-state index contributed by atoms with van der Waals surface area (Å²) in [5.41, 5.74) is 3.99. The lowest BCUT2D eigenvalue weighted by Crippen LogP contribution is -2.38. The van der Waals surface area contributed by atoms with E-state index in [4.69, 9.17) is 4.98 Å². The Labute approximate surface area is 219 Å². The lowest BCUT2D eigenvalue weighted by Gasteiger charge is -2.25. The number of amides is 1. The maximum atomic E-state index is 13.2. The van der Waals surface area contributed by atoms with Crippen LogP contribution in [0.15, 0.2) is 53.2 Å². The van der Waals surface area contributed by atoms with Gasteiger partial charge in [-0.1, -0.05) is 39.8 Å². The van der Waals surface area contributed by atoms with Gasteiger partial charge in [-0.3, -0.25) is 4.79 Å². The predicted molar refractivity (Wildman–Crippen MR) is 146 cm³/mol. The zero-order valence-corrected chi connectivity index (χ0v) is 22.8. The maximum absolute atomic E-state index is 13.2. The summed E-state index contributed by atoms with van der Waals surface area (Å²) in [6.45, 7) is 11.5. The topological polar surface area (TPSA) is 108 Å². The first-order chi connectivity index (χ1) is 17.7. The van der Waals surface area contributed by atoms with Crippen molar-refractivity contribution in [2.45, 2.75) is 45.4 Å². The Bertz CT molecular complexity index is 1300. The monoisotopic (exact) mass is 524 g/mol. The summed E-state index contributed by atoms with van der Waals surface area (Å²) in [5, 5.41) is 6.20. The Morgan fingerprint density at radius 3 is 2.49 bits per heavy atom. The molecule has 0 saturated carbocycles. The highest BCUT2D eigenvalue weighted by Gasteiger charge is 2.26. The molecule has 1 aromatic heterocycles. The Kier molecular flexibility index (Phi) is 8.41. The first kappa shape index (κ1) is 27.0. The number of carbonyl (C=O) groups excluding carboxylic acids is 1. The van der Waals surface area contributed by atoms with Crippen LogP contribution in [0, 0.1) is 5.92 Å². The summed E-state index contributed by atoms with van der Waals surface area (Å²) in [6.07, 6.45) is 6.79. The van der Waals surface area contributed by atoms with E-state index in [-0.39, 0.29) is 17.2 Å². The molecule has 2 N–H and O–H groups in total. The molecule has 4 rings (SSSR count). The highest BCUT2D eigenvalue weighted by atomic mass is 32.2. The SMILES string of the molecule is CCN(CC)CCN(CC)S(=O)(=O)c1ccc(Nc2ncc3c(n2)C2=C(CC(C)C=C2)NC(=O)C3)cc1. The van der Waals surface area contributed by atoms with E-state index in [1.165, 1.54) is 4.31 Å². The van der Waals surface area contributed by atoms with E-state index in [0.29, 0.717) is 37.2 Å². The summed E-state index contributed by atoms with van der Waals surface area (Å²) >= 11 is 0. The summed E-state index contributed by atoms with van der Waals surface area (Å²) in [7, 11) is -3.60. The number of hydrogen-bond donors (Lipinski definition) is 2. The summed E-state index contributed by atoms with van der Waals surface area (Å²) < 4.78 is 27.9. The third-order valence-corrected chi connectivity index (χ3v) is 8.85. The van der Waals surface area contributed by atoms with Crippen molar-refractivity contribution in [2.75, 3.05) is 38.0 Å². The van der Waals surface area contributed by atoms with Crippen molar-refractivity contribution in [1.29, 1.82) is 0 Å². The molecule has 1 aromatic carbocycles. The van der Waals surface area contributed by atoms with Gasteiger partial charge in [-0.05, 0) is 49.7 Å². The average molecular weight is 525 g/mol. The van der Waals surface area contributed by atoms with Gasteiger partial charge in [0.25, 0.3) is 0 Å².